The monoisotopic (exact) mass is 337 g/mol. The van der Waals surface area contributed by atoms with E-state index in [0.717, 1.165) is 12.2 Å². The Morgan fingerprint density at radius 3 is 2.53 bits per heavy atom. The summed E-state index contributed by atoms with van der Waals surface area (Å²) in [6, 6.07) is 4.52. The van der Waals surface area contributed by atoms with Gasteiger partial charge in [0, 0.05) is 12.2 Å². The van der Waals surface area contributed by atoms with E-state index < -0.39 is 6.36 Å². The minimum atomic E-state index is -4.67. The maximum atomic E-state index is 12.1. The van der Waals surface area contributed by atoms with Crippen LogP contribution in [0.5, 0.6) is 5.75 Å². The summed E-state index contributed by atoms with van der Waals surface area (Å²) < 4.78 is 40.5. The molecule has 1 aromatic rings. The molecule has 1 N–H and O–H groups in total. The molecule has 0 saturated heterocycles. The molecule has 1 saturated carbocycles. The second-order valence-corrected chi connectivity index (χ2v) is 5.58. The maximum absolute atomic E-state index is 12.1. The van der Waals surface area contributed by atoms with Crippen molar-refractivity contribution in [2.75, 3.05) is 11.9 Å². The van der Waals surface area contributed by atoms with Crippen molar-refractivity contribution in [1.29, 1.82) is 0 Å². The summed E-state index contributed by atoms with van der Waals surface area (Å²) in [5, 5.41) is 3.25. The predicted octanol–water partition coefficient (Wildman–Crippen LogP) is 4.95. The molecule has 106 valence electrons. The molecule has 2 nitrogen and oxygen atoms in total. The van der Waals surface area contributed by atoms with Gasteiger partial charge >= 0.3 is 6.36 Å². The molecular formula is C13H15BrF3NO. The van der Waals surface area contributed by atoms with Gasteiger partial charge in [-0.1, -0.05) is 12.8 Å². The normalized spacial score (nSPS) is 16.6. The Labute approximate surface area is 118 Å². The number of nitrogens with one attached hydrogen (secondary N) is 1. The second-order valence-electron chi connectivity index (χ2n) is 4.72. The molecule has 2 rings (SSSR count). The summed E-state index contributed by atoms with van der Waals surface area (Å²) in [6.45, 7) is 0.867. The van der Waals surface area contributed by atoms with Gasteiger partial charge in [-0.05, 0) is 52.9 Å². The Kier molecular flexibility index (Phi) is 4.60. The van der Waals surface area contributed by atoms with Crippen LogP contribution in [0.15, 0.2) is 22.7 Å². The Hall–Kier alpha value is -0.910. The van der Waals surface area contributed by atoms with Gasteiger partial charge in [0.05, 0.1) is 4.47 Å². The molecule has 0 spiro atoms. The van der Waals surface area contributed by atoms with Crippen LogP contribution in [0.1, 0.15) is 25.7 Å². The summed E-state index contributed by atoms with van der Waals surface area (Å²) in [5.74, 6) is 0.448. The minimum Gasteiger partial charge on any atom is -0.405 e. The summed E-state index contributed by atoms with van der Waals surface area (Å²) in [6.07, 6.45) is 0.330. The lowest BCUT2D eigenvalue weighted by Crippen LogP contribution is -2.17. The zero-order chi connectivity index (χ0) is 13.9. The smallest absolute Gasteiger partial charge is 0.405 e. The number of rotatable bonds is 4. The standard InChI is InChI=1S/C13H15BrF3NO/c14-11-7-10(18-8-9-3-1-2-4-9)5-6-12(11)19-13(15,16)17/h5-7,9,18H,1-4,8H2. The average Bonchev–Trinajstić information content (AvgIpc) is 2.81. The molecule has 0 aliphatic heterocycles. The van der Waals surface area contributed by atoms with Gasteiger partial charge in [-0.3, -0.25) is 0 Å². The number of hydrogen-bond donors (Lipinski definition) is 1. The highest BCUT2D eigenvalue weighted by molar-refractivity contribution is 9.10. The highest BCUT2D eigenvalue weighted by Gasteiger charge is 2.31. The molecule has 0 amide bonds. The molecule has 0 unspecified atom stereocenters. The lowest BCUT2D eigenvalue weighted by atomic mass is 10.1. The Morgan fingerprint density at radius 1 is 1.26 bits per heavy atom. The number of alkyl halides is 3. The molecule has 0 atom stereocenters. The number of hydrogen-bond acceptors (Lipinski definition) is 2. The van der Waals surface area contributed by atoms with Gasteiger partial charge in [-0.25, -0.2) is 0 Å². The fourth-order valence-electron chi connectivity index (χ4n) is 2.29. The number of benzene rings is 1. The molecule has 19 heavy (non-hydrogen) atoms. The van der Waals surface area contributed by atoms with Crippen LogP contribution in [0.3, 0.4) is 0 Å². The molecule has 1 aliphatic carbocycles. The molecule has 1 aromatic carbocycles. The van der Waals surface area contributed by atoms with E-state index in [2.05, 4.69) is 26.0 Å². The first-order valence-electron chi connectivity index (χ1n) is 6.23. The molecule has 0 aromatic heterocycles. The molecule has 1 fully saturated rings. The van der Waals surface area contributed by atoms with Gasteiger partial charge in [0.2, 0.25) is 0 Å². The van der Waals surface area contributed by atoms with Gasteiger partial charge in [-0.15, -0.1) is 13.2 Å². The molecule has 0 radical (unpaired) electrons. The maximum Gasteiger partial charge on any atom is 0.573 e. The molecule has 0 heterocycles. The fourth-order valence-corrected chi connectivity index (χ4v) is 2.75. The van der Waals surface area contributed by atoms with Crippen LogP contribution in [-0.4, -0.2) is 12.9 Å². The van der Waals surface area contributed by atoms with E-state index in [9.17, 15) is 13.2 Å². The summed E-state index contributed by atoms with van der Waals surface area (Å²) in [7, 11) is 0. The van der Waals surface area contributed by atoms with E-state index in [-0.39, 0.29) is 5.75 Å². The lowest BCUT2D eigenvalue weighted by molar-refractivity contribution is -0.274. The Bertz CT molecular complexity index is 430. The number of ether oxygens (including phenoxy) is 1. The quantitative estimate of drug-likeness (QED) is 0.839. The first-order valence-corrected chi connectivity index (χ1v) is 7.02. The van der Waals surface area contributed by atoms with Gasteiger partial charge in [0.25, 0.3) is 0 Å². The fraction of sp³-hybridized carbons (Fsp3) is 0.538. The van der Waals surface area contributed by atoms with E-state index in [4.69, 9.17) is 0 Å². The van der Waals surface area contributed by atoms with Crippen molar-refractivity contribution in [3.05, 3.63) is 22.7 Å². The van der Waals surface area contributed by atoms with E-state index in [1.54, 1.807) is 12.1 Å². The number of anilines is 1. The second kappa shape index (κ2) is 6.03. The van der Waals surface area contributed by atoms with Crippen molar-refractivity contribution in [1.82, 2.24) is 0 Å². The Balaban J connectivity index is 1.94. The van der Waals surface area contributed by atoms with Crippen molar-refractivity contribution in [2.45, 2.75) is 32.0 Å². The van der Waals surface area contributed by atoms with Crippen molar-refractivity contribution in [3.63, 3.8) is 0 Å². The summed E-state index contributed by atoms with van der Waals surface area (Å²) >= 11 is 3.09. The van der Waals surface area contributed by atoms with Crippen LogP contribution in [-0.2, 0) is 0 Å². The zero-order valence-corrected chi connectivity index (χ0v) is 11.9. The largest absolute Gasteiger partial charge is 0.573 e. The van der Waals surface area contributed by atoms with Crippen LogP contribution >= 0.6 is 15.9 Å². The van der Waals surface area contributed by atoms with Crippen LogP contribution in [0.4, 0.5) is 18.9 Å². The lowest BCUT2D eigenvalue weighted by Gasteiger charge is -2.14. The van der Waals surface area contributed by atoms with Crippen molar-refractivity contribution in [2.24, 2.45) is 5.92 Å². The predicted molar refractivity (Wildman–Crippen MR) is 71.3 cm³/mol. The first-order chi connectivity index (χ1) is 8.94. The topological polar surface area (TPSA) is 21.3 Å². The number of halogens is 4. The van der Waals surface area contributed by atoms with Gasteiger partial charge < -0.3 is 10.1 Å². The molecule has 1 aliphatic rings. The van der Waals surface area contributed by atoms with Crippen LogP contribution < -0.4 is 10.1 Å². The van der Waals surface area contributed by atoms with Crippen LogP contribution in [0.2, 0.25) is 0 Å². The molecule has 6 heteroatoms. The molecule has 0 bridgehead atoms. The van der Waals surface area contributed by atoms with Crippen LogP contribution in [0, 0.1) is 5.92 Å². The van der Waals surface area contributed by atoms with Gasteiger partial charge in [-0.2, -0.15) is 0 Å². The van der Waals surface area contributed by atoms with E-state index in [1.807, 2.05) is 0 Å². The minimum absolute atomic E-state index is 0.223. The van der Waals surface area contributed by atoms with Crippen molar-refractivity contribution < 1.29 is 17.9 Å². The SMILES string of the molecule is FC(F)(F)Oc1ccc(NCC2CCCC2)cc1Br. The third-order valence-corrected chi connectivity index (χ3v) is 3.85. The summed E-state index contributed by atoms with van der Waals surface area (Å²) in [5.41, 5.74) is 0.799. The highest BCUT2D eigenvalue weighted by atomic mass is 79.9. The Morgan fingerprint density at radius 2 is 1.95 bits per heavy atom. The van der Waals surface area contributed by atoms with Gasteiger partial charge in [0.15, 0.2) is 0 Å². The highest BCUT2D eigenvalue weighted by Crippen LogP contribution is 2.33. The third-order valence-electron chi connectivity index (χ3n) is 3.23. The molecular weight excluding hydrogens is 323 g/mol. The van der Waals surface area contributed by atoms with Crippen molar-refractivity contribution >= 4 is 21.6 Å². The third kappa shape index (κ3) is 4.60. The average molecular weight is 338 g/mol. The van der Waals surface area contributed by atoms with E-state index in [0.29, 0.717) is 10.4 Å². The first kappa shape index (κ1) is 14.5. The van der Waals surface area contributed by atoms with E-state index in [1.165, 1.54) is 31.7 Å². The van der Waals surface area contributed by atoms with Crippen molar-refractivity contribution in [3.8, 4) is 5.75 Å². The zero-order valence-electron chi connectivity index (χ0n) is 10.3. The van der Waals surface area contributed by atoms with Crippen LogP contribution in [0.25, 0.3) is 0 Å². The van der Waals surface area contributed by atoms with Gasteiger partial charge in [0.1, 0.15) is 5.75 Å². The summed E-state index contributed by atoms with van der Waals surface area (Å²) in [4.78, 5) is 0. The van der Waals surface area contributed by atoms with E-state index >= 15 is 0 Å².